The molecule has 1 saturated carbocycles. The fourth-order valence-electron chi connectivity index (χ4n) is 4.96. The van der Waals surface area contributed by atoms with E-state index in [1.165, 1.54) is 0 Å². The van der Waals surface area contributed by atoms with Gasteiger partial charge in [-0.25, -0.2) is 9.97 Å². The van der Waals surface area contributed by atoms with E-state index in [1.807, 2.05) is 6.07 Å². The molecule has 2 fully saturated rings. The molecule has 0 aromatic carbocycles. The maximum absolute atomic E-state index is 9.71. The van der Waals surface area contributed by atoms with Crippen LogP contribution in [0.1, 0.15) is 45.4 Å². The van der Waals surface area contributed by atoms with Gasteiger partial charge in [-0.1, -0.05) is 11.6 Å². The molecular formula is C26H36ClN7O2. The van der Waals surface area contributed by atoms with Gasteiger partial charge in [0.15, 0.2) is 0 Å². The van der Waals surface area contributed by atoms with Crippen molar-refractivity contribution in [1.29, 1.82) is 5.26 Å². The van der Waals surface area contributed by atoms with Gasteiger partial charge in [0.05, 0.1) is 41.2 Å². The highest BCUT2D eigenvalue weighted by Crippen LogP contribution is 2.32. The molecule has 36 heavy (non-hydrogen) atoms. The molecule has 1 atom stereocenters. The summed E-state index contributed by atoms with van der Waals surface area (Å²) in [6.07, 6.45) is 10.8. The van der Waals surface area contributed by atoms with Crippen LogP contribution in [0.3, 0.4) is 0 Å². The van der Waals surface area contributed by atoms with Crippen molar-refractivity contribution in [1.82, 2.24) is 20.3 Å². The number of anilines is 2. The predicted octanol–water partition coefficient (Wildman–Crippen LogP) is 4.27. The van der Waals surface area contributed by atoms with E-state index in [-0.39, 0.29) is 0 Å². The molecule has 0 unspecified atom stereocenters. The summed E-state index contributed by atoms with van der Waals surface area (Å²) in [6, 6.07) is 5.66. The summed E-state index contributed by atoms with van der Waals surface area (Å²) in [5, 5.41) is 20.8. The standard InChI is InChI=1S/C26H36ClN7O2/c1-18(15-35-2)32-19-3-5-20(6-4-19)33-24-11-21(22(27)12-30-24)23-13-29-14-25(34-23)31-17-26(16-28)7-9-36-10-8-26/h11-14,18-20,32H,3-10,15,17H2,1-2H3,(H,30,33)(H,31,34)/t18-,19?,20?/m1/s1. The zero-order chi connectivity index (χ0) is 25.4. The second-order valence-electron chi connectivity index (χ2n) is 9.91. The van der Waals surface area contributed by atoms with Crippen molar-refractivity contribution in [2.75, 3.05) is 44.1 Å². The molecule has 2 aromatic rings. The Balaban J connectivity index is 1.37. The Labute approximate surface area is 218 Å². The van der Waals surface area contributed by atoms with Gasteiger partial charge < -0.3 is 25.4 Å². The largest absolute Gasteiger partial charge is 0.383 e. The first-order valence-corrected chi connectivity index (χ1v) is 13.1. The monoisotopic (exact) mass is 513 g/mol. The summed E-state index contributed by atoms with van der Waals surface area (Å²) in [6.45, 7) is 4.60. The fourth-order valence-corrected chi connectivity index (χ4v) is 5.16. The van der Waals surface area contributed by atoms with Crippen molar-refractivity contribution in [3.63, 3.8) is 0 Å². The molecule has 1 aliphatic heterocycles. The molecule has 0 spiro atoms. The lowest BCUT2D eigenvalue weighted by Crippen LogP contribution is -2.42. The number of aromatic nitrogens is 3. The van der Waals surface area contributed by atoms with Gasteiger partial charge in [0, 0.05) is 56.8 Å². The second-order valence-corrected chi connectivity index (χ2v) is 10.3. The molecule has 2 aromatic heterocycles. The van der Waals surface area contributed by atoms with Crippen molar-refractivity contribution >= 4 is 23.2 Å². The fraction of sp³-hybridized carbons (Fsp3) is 0.615. The van der Waals surface area contributed by atoms with Gasteiger partial charge in [0.2, 0.25) is 0 Å². The third kappa shape index (κ3) is 7.04. The van der Waals surface area contributed by atoms with E-state index in [9.17, 15) is 5.26 Å². The van der Waals surface area contributed by atoms with Crippen LogP contribution in [0, 0.1) is 16.7 Å². The second kappa shape index (κ2) is 12.6. The number of nitriles is 1. The Morgan fingerprint density at radius 2 is 1.92 bits per heavy atom. The normalized spacial score (nSPS) is 22.4. The molecule has 9 nitrogen and oxygen atoms in total. The number of hydrogen-bond acceptors (Lipinski definition) is 9. The molecule has 4 rings (SSSR count). The Morgan fingerprint density at radius 1 is 1.17 bits per heavy atom. The molecule has 0 bridgehead atoms. The highest BCUT2D eigenvalue weighted by atomic mass is 35.5. The van der Waals surface area contributed by atoms with Gasteiger partial charge in [0.25, 0.3) is 0 Å². The topological polar surface area (TPSA) is 117 Å². The number of ether oxygens (including phenoxy) is 2. The van der Waals surface area contributed by atoms with Crippen molar-refractivity contribution in [2.24, 2.45) is 5.41 Å². The van der Waals surface area contributed by atoms with Crippen LogP contribution in [0.4, 0.5) is 11.6 Å². The molecule has 10 heteroatoms. The van der Waals surface area contributed by atoms with E-state index in [2.05, 4.69) is 38.9 Å². The van der Waals surface area contributed by atoms with Gasteiger partial charge >= 0.3 is 0 Å². The average Bonchev–Trinajstić information content (AvgIpc) is 2.90. The minimum atomic E-state index is -0.447. The molecule has 3 heterocycles. The quantitative estimate of drug-likeness (QED) is 0.428. The van der Waals surface area contributed by atoms with Crippen molar-refractivity contribution in [2.45, 2.75) is 63.6 Å². The molecule has 0 radical (unpaired) electrons. The minimum absolute atomic E-state index is 0.360. The van der Waals surface area contributed by atoms with Crippen molar-refractivity contribution < 1.29 is 9.47 Å². The van der Waals surface area contributed by atoms with Crippen LogP contribution < -0.4 is 16.0 Å². The van der Waals surface area contributed by atoms with E-state index in [1.54, 1.807) is 25.7 Å². The number of methoxy groups -OCH3 is 1. The average molecular weight is 514 g/mol. The van der Waals surface area contributed by atoms with Crippen LogP contribution >= 0.6 is 11.6 Å². The molecule has 2 aliphatic rings. The van der Waals surface area contributed by atoms with Gasteiger partial charge in [0.1, 0.15) is 11.6 Å². The van der Waals surface area contributed by atoms with Gasteiger partial charge in [-0.15, -0.1) is 0 Å². The smallest absolute Gasteiger partial charge is 0.145 e. The SMILES string of the molecule is COC[C@@H](C)NC1CCC(Nc2cc(-c3cncc(NCC4(C#N)CCOCC4)n3)c(Cl)cn2)CC1. The lowest BCUT2D eigenvalue weighted by molar-refractivity contribution is 0.0455. The van der Waals surface area contributed by atoms with Gasteiger partial charge in [-0.05, 0) is 51.5 Å². The third-order valence-corrected chi connectivity index (χ3v) is 7.38. The summed E-state index contributed by atoms with van der Waals surface area (Å²) in [5.41, 5.74) is 0.987. The Bertz CT molecular complexity index is 1030. The number of pyridine rings is 1. The molecule has 1 aliphatic carbocycles. The summed E-state index contributed by atoms with van der Waals surface area (Å²) in [4.78, 5) is 13.6. The highest BCUT2D eigenvalue weighted by Gasteiger charge is 2.32. The van der Waals surface area contributed by atoms with Crippen LogP contribution in [-0.2, 0) is 9.47 Å². The first-order chi connectivity index (χ1) is 17.5. The highest BCUT2D eigenvalue weighted by molar-refractivity contribution is 6.33. The van der Waals surface area contributed by atoms with E-state index < -0.39 is 5.41 Å². The minimum Gasteiger partial charge on any atom is -0.383 e. The van der Waals surface area contributed by atoms with Crippen LogP contribution in [-0.4, -0.2) is 66.6 Å². The van der Waals surface area contributed by atoms with Crippen LogP contribution in [0.25, 0.3) is 11.3 Å². The van der Waals surface area contributed by atoms with E-state index >= 15 is 0 Å². The first-order valence-electron chi connectivity index (χ1n) is 12.7. The molecular weight excluding hydrogens is 478 g/mol. The zero-order valence-electron chi connectivity index (χ0n) is 21.1. The summed E-state index contributed by atoms with van der Waals surface area (Å²) < 4.78 is 10.7. The van der Waals surface area contributed by atoms with E-state index in [0.717, 1.165) is 43.7 Å². The predicted molar refractivity (Wildman–Crippen MR) is 141 cm³/mol. The van der Waals surface area contributed by atoms with E-state index in [4.69, 9.17) is 26.1 Å². The molecule has 0 amide bonds. The van der Waals surface area contributed by atoms with Crippen LogP contribution in [0.15, 0.2) is 24.7 Å². The number of halogens is 1. The Morgan fingerprint density at radius 3 is 2.64 bits per heavy atom. The maximum Gasteiger partial charge on any atom is 0.145 e. The Kier molecular flexibility index (Phi) is 9.32. The number of hydrogen-bond donors (Lipinski definition) is 3. The third-order valence-electron chi connectivity index (χ3n) is 7.08. The summed E-state index contributed by atoms with van der Waals surface area (Å²) in [7, 11) is 1.74. The number of nitrogens with zero attached hydrogens (tertiary/aromatic N) is 4. The number of rotatable bonds is 10. The van der Waals surface area contributed by atoms with Gasteiger partial charge in [-0.3, -0.25) is 4.98 Å². The Hall–Kier alpha value is -2.51. The lowest BCUT2D eigenvalue weighted by atomic mass is 9.82. The van der Waals surface area contributed by atoms with Crippen LogP contribution in [0.2, 0.25) is 5.02 Å². The maximum atomic E-state index is 9.71. The van der Waals surface area contributed by atoms with Crippen molar-refractivity contribution in [3.8, 4) is 17.3 Å². The molecule has 194 valence electrons. The lowest BCUT2D eigenvalue weighted by Gasteiger charge is -2.32. The van der Waals surface area contributed by atoms with Crippen LogP contribution in [0.5, 0.6) is 0 Å². The summed E-state index contributed by atoms with van der Waals surface area (Å²) in [5.74, 6) is 1.40. The van der Waals surface area contributed by atoms with E-state index in [0.29, 0.717) is 67.3 Å². The molecule has 1 saturated heterocycles. The summed E-state index contributed by atoms with van der Waals surface area (Å²) >= 11 is 6.51. The number of nitrogens with one attached hydrogen (secondary N) is 3. The first kappa shape index (κ1) is 26.6. The molecule has 3 N–H and O–H groups in total. The van der Waals surface area contributed by atoms with Crippen molar-refractivity contribution in [3.05, 3.63) is 29.7 Å². The zero-order valence-corrected chi connectivity index (χ0v) is 21.9. The van der Waals surface area contributed by atoms with Gasteiger partial charge in [-0.2, -0.15) is 5.26 Å².